The van der Waals surface area contributed by atoms with E-state index in [1.54, 1.807) is 0 Å². The van der Waals surface area contributed by atoms with E-state index in [4.69, 9.17) is 0 Å². The van der Waals surface area contributed by atoms with Crippen LogP contribution in [-0.2, 0) is 0 Å². The van der Waals surface area contributed by atoms with Crippen molar-refractivity contribution in [1.29, 1.82) is 0 Å². The molecular weight excluding hydrogens is 316 g/mol. The van der Waals surface area contributed by atoms with Crippen molar-refractivity contribution in [3.63, 3.8) is 0 Å². The summed E-state index contributed by atoms with van der Waals surface area (Å²) in [5, 5.41) is 3.04. The van der Waals surface area contributed by atoms with Crippen LogP contribution in [0.1, 0.15) is 37.0 Å². The first-order chi connectivity index (χ1) is 9.58. The Kier molecular flexibility index (Phi) is 5.61. The molecule has 2 rings (SSSR count). The van der Waals surface area contributed by atoms with Crippen LogP contribution in [0.25, 0.3) is 0 Å². The van der Waals surface area contributed by atoms with Crippen LogP contribution in [-0.4, -0.2) is 36.5 Å². The highest BCUT2D eigenvalue weighted by Crippen LogP contribution is 2.18. The zero-order valence-corrected chi connectivity index (χ0v) is 13.8. The molecule has 1 aliphatic rings. The second-order valence-electron chi connectivity index (χ2n) is 5.78. The average molecular weight is 339 g/mol. The van der Waals surface area contributed by atoms with E-state index in [0.717, 1.165) is 23.5 Å². The fourth-order valence-corrected chi connectivity index (χ4v) is 3.20. The number of rotatable bonds is 4. The molecule has 1 amide bonds. The van der Waals surface area contributed by atoms with E-state index < -0.39 is 0 Å². The van der Waals surface area contributed by atoms with Gasteiger partial charge in [0, 0.05) is 23.6 Å². The first-order valence-electron chi connectivity index (χ1n) is 7.34. The number of hydrogen-bond donors (Lipinski definition) is 1. The summed E-state index contributed by atoms with van der Waals surface area (Å²) in [7, 11) is 0. The predicted octanol–water partition coefficient (Wildman–Crippen LogP) is 3.30. The van der Waals surface area contributed by atoms with Crippen LogP contribution in [0.15, 0.2) is 28.7 Å². The fourth-order valence-electron chi connectivity index (χ4n) is 2.74. The maximum Gasteiger partial charge on any atom is 0.252 e. The molecule has 1 aliphatic heterocycles. The summed E-state index contributed by atoms with van der Waals surface area (Å²) < 4.78 is 0.844. The van der Waals surface area contributed by atoms with Gasteiger partial charge in [-0.2, -0.15) is 0 Å². The Hall–Kier alpha value is -0.870. The lowest BCUT2D eigenvalue weighted by Crippen LogP contribution is -2.46. The Morgan fingerprint density at radius 3 is 2.95 bits per heavy atom. The minimum absolute atomic E-state index is 0.00520. The smallest absolute Gasteiger partial charge is 0.252 e. The van der Waals surface area contributed by atoms with Gasteiger partial charge in [0.05, 0.1) is 5.56 Å². The maximum absolute atomic E-state index is 12.2. The van der Waals surface area contributed by atoms with Crippen molar-refractivity contribution in [2.75, 3.05) is 19.6 Å². The van der Waals surface area contributed by atoms with Gasteiger partial charge in [0.1, 0.15) is 0 Å². The largest absolute Gasteiger partial charge is 0.350 e. The van der Waals surface area contributed by atoms with Gasteiger partial charge < -0.3 is 5.32 Å². The van der Waals surface area contributed by atoms with Crippen molar-refractivity contribution in [3.05, 3.63) is 34.3 Å². The topological polar surface area (TPSA) is 32.3 Å². The van der Waals surface area contributed by atoms with Crippen molar-refractivity contribution in [2.24, 2.45) is 5.92 Å². The van der Waals surface area contributed by atoms with Gasteiger partial charge in [0.2, 0.25) is 0 Å². The molecule has 1 aromatic rings. The van der Waals surface area contributed by atoms with E-state index >= 15 is 0 Å². The predicted molar refractivity (Wildman–Crippen MR) is 85.9 cm³/mol. The first kappa shape index (κ1) is 15.5. The van der Waals surface area contributed by atoms with Gasteiger partial charge in [0.25, 0.3) is 5.91 Å². The van der Waals surface area contributed by atoms with Gasteiger partial charge >= 0.3 is 0 Å². The molecule has 2 atom stereocenters. The summed E-state index contributed by atoms with van der Waals surface area (Å²) >= 11 is 3.42. The molecule has 20 heavy (non-hydrogen) atoms. The molecule has 0 saturated carbocycles. The quantitative estimate of drug-likeness (QED) is 0.913. The molecule has 0 unspecified atom stereocenters. The number of carbonyl (C=O) groups is 1. The van der Waals surface area contributed by atoms with Crippen LogP contribution in [0.3, 0.4) is 0 Å². The van der Waals surface area contributed by atoms with Crippen molar-refractivity contribution < 1.29 is 4.79 Å². The van der Waals surface area contributed by atoms with Crippen molar-refractivity contribution >= 4 is 21.8 Å². The summed E-state index contributed by atoms with van der Waals surface area (Å²) in [5.74, 6) is 0.763. The molecule has 1 N–H and O–H groups in total. The van der Waals surface area contributed by atoms with Gasteiger partial charge in [-0.1, -0.05) is 19.1 Å². The zero-order chi connectivity index (χ0) is 14.5. The molecule has 1 heterocycles. The minimum atomic E-state index is -0.00520. The monoisotopic (exact) mass is 338 g/mol. The van der Waals surface area contributed by atoms with Crippen LogP contribution in [0.2, 0.25) is 0 Å². The van der Waals surface area contributed by atoms with Crippen LogP contribution >= 0.6 is 15.9 Å². The molecule has 0 aromatic heterocycles. The van der Waals surface area contributed by atoms with E-state index in [-0.39, 0.29) is 5.91 Å². The number of carbonyl (C=O) groups excluding carboxylic acids is 1. The molecule has 0 spiro atoms. The van der Waals surface area contributed by atoms with Gasteiger partial charge in [-0.05, 0) is 60.3 Å². The third kappa shape index (κ3) is 4.06. The van der Waals surface area contributed by atoms with E-state index in [1.165, 1.54) is 12.8 Å². The number of hydrogen-bond acceptors (Lipinski definition) is 2. The molecule has 1 saturated heterocycles. The molecule has 0 radical (unpaired) electrons. The highest BCUT2D eigenvalue weighted by Gasteiger charge is 2.21. The molecule has 0 bridgehead atoms. The summed E-state index contributed by atoms with van der Waals surface area (Å²) in [6.07, 6.45) is 2.59. The molecule has 4 heteroatoms. The molecule has 3 nitrogen and oxygen atoms in total. The fraction of sp³-hybridized carbons (Fsp3) is 0.562. The van der Waals surface area contributed by atoms with Gasteiger partial charge in [-0.3, -0.25) is 9.69 Å². The van der Waals surface area contributed by atoms with Gasteiger partial charge in [-0.25, -0.2) is 0 Å². The second kappa shape index (κ2) is 7.23. The number of amides is 1. The van der Waals surface area contributed by atoms with Crippen molar-refractivity contribution in [2.45, 2.75) is 32.7 Å². The maximum atomic E-state index is 12.2. The van der Waals surface area contributed by atoms with Crippen molar-refractivity contribution in [3.8, 4) is 0 Å². The SMILES string of the molecule is C[C@@H]1CCCN([C@H](C)CNC(=O)c2ccccc2Br)C1. The number of benzene rings is 1. The van der Waals surface area contributed by atoms with Crippen LogP contribution in [0.5, 0.6) is 0 Å². The van der Waals surface area contributed by atoms with Crippen molar-refractivity contribution in [1.82, 2.24) is 10.2 Å². The van der Waals surface area contributed by atoms with E-state index in [2.05, 4.69) is 40.0 Å². The van der Waals surface area contributed by atoms with Crippen LogP contribution < -0.4 is 5.32 Å². The minimum Gasteiger partial charge on any atom is -0.350 e. The molecule has 1 aromatic carbocycles. The third-order valence-electron chi connectivity index (χ3n) is 3.99. The summed E-state index contributed by atoms with van der Waals surface area (Å²) in [6.45, 7) is 7.49. The standard InChI is InChI=1S/C16H23BrN2O/c1-12-6-5-9-19(11-12)13(2)10-18-16(20)14-7-3-4-8-15(14)17/h3-4,7-8,12-13H,5-6,9-11H2,1-2H3,(H,18,20)/t12-,13-/m1/s1. The Bertz CT molecular complexity index is 464. The zero-order valence-electron chi connectivity index (χ0n) is 12.2. The van der Waals surface area contributed by atoms with Gasteiger partial charge in [-0.15, -0.1) is 0 Å². The third-order valence-corrected chi connectivity index (χ3v) is 4.68. The molecule has 0 aliphatic carbocycles. The number of piperidine rings is 1. The Balaban J connectivity index is 1.85. The Morgan fingerprint density at radius 1 is 1.50 bits per heavy atom. The van der Waals surface area contributed by atoms with Gasteiger partial charge in [0.15, 0.2) is 0 Å². The molecule has 110 valence electrons. The second-order valence-corrected chi connectivity index (χ2v) is 6.64. The lowest BCUT2D eigenvalue weighted by atomic mass is 9.99. The molecular formula is C16H23BrN2O. The van der Waals surface area contributed by atoms with E-state index in [0.29, 0.717) is 18.2 Å². The number of likely N-dealkylation sites (tertiary alicyclic amines) is 1. The summed E-state index contributed by atoms with van der Waals surface area (Å²) in [5.41, 5.74) is 0.701. The normalized spacial score (nSPS) is 21.4. The highest BCUT2D eigenvalue weighted by atomic mass is 79.9. The number of nitrogens with zero attached hydrogens (tertiary/aromatic N) is 1. The van der Waals surface area contributed by atoms with E-state index in [1.807, 2.05) is 24.3 Å². The number of nitrogens with one attached hydrogen (secondary N) is 1. The Morgan fingerprint density at radius 2 is 2.25 bits per heavy atom. The number of halogens is 1. The lowest BCUT2D eigenvalue weighted by molar-refractivity contribution is 0.0917. The Labute approximate surface area is 129 Å². The van der Waals surface area contributed by atoms with Crippen LogP contribution in [0, 0.1) is 5.92 Å². The summed E-state index contributed by atoms with van der Waals surface area (Å²) in [4.78, 5) is 14.6. The van der Waals surface area contributed by atoms with Crippen LogP contribution in [0.4, 0.5) is 0 Å². The first-order valence-corrected chi connectivity index (χ1v) is 8.14. The lowest BCUT2D eigenvalue weighted by Gasteiger charge is -2.35. The average Bonchev–Trinajstić information content (AvgIpc) is 2.45. The molecule has 1 fully saturated rings. The summed E-state index contributed by atoms with van der Waals surface area (Å²) in [6, 6.07) is 7.93. The highest BCUT2D eigenvalue weighted by molar-refractivity contribution is 9.10. The van der Waals surface area contributed by atoms with E-state index in [9.17, 15) is 4.79 Å².